The lowest BCUT2D eigenvalue weighted by Gasteiger charge is -2.13. The minimum atomic E-state index is 0.434. The number of H-pyrrole nitrogens is 1. The second kappa shape index (κ2) is 9.32. The molecule has 8 heteroatoms. The number of halogens is 2. The van der Waals surface area contributed by atoms with Crippen LogP contribution in [0.25, 0.3) is 11.0 Å². The van der Waals surface area contributed by atoms with Crippen LogP contribution in [0.5, 0.6) is 11.5 Å². The number of hydrogen-bond donors (Lipinski definition) is 2. The van der Waals surface area contributed by atoms with Crippen molar-refractivity contribution in [1.29, 1.82) is 0 Å². The summed E-state index contributed by atoms with van der Waals surface area (Å²) in [6, 6.07) is 19.6. The van der Waals surface area contributed by atoms with Crippen molar-refractivity contribution < 1.29 is 9.47 Å². The van der Waals surface area contributed by atoms with Crippen LogP contribution in [0.4, 0.5) is 5.95 Å². The Morgan fingerprint density at radius 2 is 1.90 bits per heavy atom. The highest BCUT2D eigenvalue weighted by Crippen LogP contribution is 2.37. The van der Waals surface area contributed by atoms with E-state index in [1.165, 1.54) is 0 Å². The van der Waals surface area contributed by atoms with Crippen LogP contribution >= 0.6 is 31.9 Å². The molecule has 0 aliphatic rings. The first-order chi connectivity index (χ1) is 14.6. The number of benzene rings is 3. The van der Waals surface area contributed by atoms with Crippen LogP contribution in [0.1, 0.15) is 11.1 Å². The van der Waals surface area contributed by atoms with Crippen molar-refractivity contribution in [3.05, 3.63) is 80.7 Å². The third kappa shape index (κ3) is 4.83. The lowest BCUT2D eigenvalue weighted by Crippen LogP contribution is -2.00. The zero-order valence-electron chi connectivity index (χ0n) is 16.0. The van der Waals surface area contributed by atoms with E-state index in [9.17, 15) is 0 Å². The predicted octanol–water partition coefficient (Wildman–Crippen LogP) is 6.12. The Morgan fingerprint density at radius 1 is 1.10 bits per heavy atom. The lowest BCUT2D eigenvalue weighted by atomic mass is 10.2. The lowest BCUT2D eigenvalue weighted by molar-refractivity contribution is 0.282. The van der Waals surface area contributed by atoms with Crippen LogP contribution in [0, 0.1) is 0 Å². The fraction of sp³-hybridized carbons (Fsp3) is 0.0909. The topological polar surface area (TPSA) is 71.5 Å². The monoisotopic (exact) mass is 528 g/mol. The second-order valence-electron chi connectivity index (χ2n) is 6.42. The molecule has 6 nitrogen and oxygen atoms in total. The molecule has 0 saturated heterocycles. The number of aromatic nitrogens is 2. The summed E-state index contributed by atoms with van der Waals surface area (Å²) in [5, 5.41) is 4.26. The van der Waals surface area contributed by atoms with Gasteiger partial charge >= 0.3 is 0 Å². The number of hydrogen-bond acceptors (Lipinski definition) is 5. The molecule has 3 aromatic carbocycles. The number of ether oxygens (including phenoxy) is 2. The number of fused-ring (bicyclic) bond motifs is 1. The fourth-order valence-electron chi connectivity index (χ4n) is 2.86. The van der Waals surface area contributed by atoms with Gasteiger partial charge in [-0.15, -0.1) is 0 Å². The Balaban J connectivity index is 1.46. The maximum atomic E-state index is 5.98. The smallest absolute Gasteiger partial charge is 0.222 e. The minimum absolute atomic E-state index is 0.434. The van der Waals surface area contributed by atoms with Gasteiger partial charge in [0.15, 0.2) is 11.5 Å². The van der Waals surface area contributed by atoms with Gasteiger partial charge < -0.3 is 14.5 Å². The van der Waals surface area contributed by atoms with Crippen LogP contribution in [0.2, 0.25) is 0 Å². The molecule has 1 aromatic heterocycles. The normalized spacial score (nSPS) is 11.2. The average Bonchev–Trinajstić information content (AvgIpc) is 3.16. The number of imidazole rings is 1. The predicted molar refractivity (Wildman–Crippen MR) is 126 cm³/mol. The van der Waals surface area contributed by atoms with Crippen LogP contribution in [0.3, 0.4) is 0 Å². The van der Waals surface area contributed by atoms with E-state index in [0.717, 1.165) is 31.1 Å². The Bertz CT molecular complexity index is 1160. The van der Waals surface area contributed by atoms with Gasteiger partial charge in [-0.3, -0.25) is 0 Å². The number of rotatable bonds is 7. The summed E-state index contributed by atoms with van der Waals surface area (Å²) in [5.41, 5.74) is 6.66. The van der Waals surface area contributed by atoms with E-state index >= 15 is 0 Å². The molecular formula is C22H18Br2N4O2. The van der Waals surface area contributed by atoms with Crippen LogP contribution < -0.4 is 14.9 Å². The van der Waals surface area contributed by atoms with E-state index < -0.39 is 0 Å². The molecule has 2 N–H and O–H groups in total. The van der Waals surface area contributed by atoms with Gasteiger partial charge in [-0.05, 0) is 63.5 Å². The molecule has 0 aliphatic heterocycles. The summed E-state index contributed by atoms with van der Waals surface area (Å²) in [7, 11) is 1.61. The molecule has 30 heavy (non-hydrogen) atoms. The van der Waals surface area contributed by atoms with Gasteiger partial charge in [0, 0.05) is 4.47 Å². The largest absolute Gasteiger partial charge is 0.493 e. The molecule has 152 valence electrons. The van der Waals surface area contributed by atoms with E-state index in [2.05, 4.69) is 52.4 Å². The van der Waals surface area contributed by atoms with Gasteiger partial charge in [-0.1, -0.05) is 40.2 Å². The molecular weight excluding hydrogens is 512 g/mol. The van der Waals surface area contributed by atoms with Gasteiger partial charge in [0.2, 0.25) is 5.95 Å². The number of nitrogens with one attached hydrogen (secondary N) is 2. The number of aromatic amines is 1. The van der Waals surface area contributed by atoms with Crippen molar-refractivity contribution in [3.8, 4) is 11.5 Å². The summed E-state index contributed by atoms with van der Waals surface area (Å²) < 4.78 is 13.3. The number of anilines is 1. The molecule has 1 heterocycles. The molecule has 0 radical (unpaired) electrons. The average molecular weight is 530 g/mol. The SMILES string of the molecule is COc1cc(/C=N/Nc2nc3ccccc3[nH]2)cc(Br)c1OCc1ccc(Br)cc1. The van der Waals surface area contributed by atoms with E-state index in [1.807, 2.05) is 60.7 Å². The van der Waals surface area contributed by atoms with Crippen molar-refractivity contribution in [2.75, 3.05) is 12.5 Å². The summed E-state index contributed by atoms with van der Waals surface area (Å²) in [6.45, 7) is 0.434. The van der Waals surface area contributed by atoms with Gasteiger partial charge in [-0.2, -0.15) is 5.10 Å². The second-order valence-corrected chi connectivity index (χ2v) is 8.19. The third-order valence-electron chi connectivity index (χ3n) is 4.32. The molecule has 0 fully saturated rings. The molecule has 4 rings (SSSR count). The van der Waals surface area contributed by atoms with Crippen molar-refractivity contribution >= 4 is 55.1 Å². The molecule has 0 bridgehead atoms. The van der Waals surface area contributed by atoms with Crippen LogP contribution in [-0.4, -0.2) is 23.3 Å². The summed E-state index contributed by atoms with van der Waals surface area (Å²) in [4.78, 5) is 7.60. The molecule has 0 spiro atoms. The van der Waals surface area contributed by atoms with Gasteiger partial charge in [-0.25, -0.2) is 10.4 Å². The van der Waals surface area contributed by atoms with Gasteiger partial charge in [0.25, 0.3) is 0 Å². The van der Waals surface area contributed by atoms with Gasteiger partial charge in [0.1, 0.15) is 6.61 Å². The maximum absolute atomic E-state index is 5.98. The van der Waals surface area contributed by atoms with E-state index in [1.54, 1.807) is 13.3 Å². The quantitative estimate of drug-likeness (QED) is 0.223. The van der Waals surface area contributed by atoms with E-state index in [-0.39, 0.29) is 0 Å². The summed E-state index contributed by atoms with van der Waals surface area (Å²) in [5.74, 6) is 1.84. The zero-order chi connectivity index (χ0) is 20.9. The van der Waals surface area contributed by atoms with E-state index in [0.29, 0.717) is 24.1 Å². The number of nitrogens with zero attached hydrogens (tertiary/aromatic N) is 2. The Morgan fingerprint density at radius 3 is 2.67 bits per heavy atom. The van der Waals surface area contributed by atoms with Crippen molar-refractivity contribution in [3.63, 3.8) is 0 Å². The number of methoxy groups -OCH3 is 1. The third-order valence-corrected chi connectivity index (χ3v) is 5.44. The molecule has 0 amide bonds. The first-order valence-corrected chi connectivity index (χ1v) is 10.7. The highest BCUT2D eigenvalue weighted by Gasteiger charge is 2.11. The Kier molecular flexibility index (Phi) is 6.35. The van der Waals surface area contributed by atoms with Crippen LogP contribution in [-0.2, 0) is 6.61 Å². The molecule has 4 aromatic rings. The highest BCUT2D eigenvalue weighted by molar-refractivity contribution is 9.10. The summed E-state index contributed by atoms with van der Waals surface area (Å²) >= 11 is 7.01. The number of para-hydroxylation sites is 2. The van der Waals surface area contributed by atoms with Gasteiger partial charge in [0.05, 0.1) is 28.8 Å². The fourth-order valence-corrected chi connectivity index (χ4v) is 3.70. The number of hydrazone groups is 1. The van der Waals surface area contributed by atoms with Crippen molar-refractivity contribution in [1.82, 2.24) is 9.97 Å². The standard InChI is InChI=1S/C22H18Br2N4O2/c1-29-20-11-15(12-25-28-22-26-18-4-2-3-5-19(18)27-22)10-17(24)21(20)30-13-14-6-8-16(23)9-7-14/h2-12H,13H2,1H3,(H2,26,27,28)/b25-12+. The molecule has 0 atom stereocenters. The first-order valence-electron chi connectivity index (χ1n) is 9.11. The van der Waals surface area contributed by atoms with Crippen molar-refractivity contribution in [2.45, 2.75) is 6.61 Å². The summed E-state index contributed by atoms with van der Waals surface area (Å²) in [6.07, 6.45) is 1.69. The minimum Gasteiger partial charge on any atom is -0.493 e. The Labute approximate surface area is 190 Å². The zero-order valence-corrected chi connectivity index (χ0v) is 19.2. The first kappa shape index (κ1) is 20.4. The van der Waals surface area contributed by atoms with Crippen molar-refractivity contribution in [2.24, 2.45) is 5.10 Å². The highest BCUT2D eigenvalue weighted by atomic mass is 79.9. The maximum Gasteiger partial charge on any atom is 0.222 e. The molecule has 0 unspecified atom stereocenters. The van der Waals surface area contributed by atoms with E-state index in [4.69, 9.17) is 9.47 Å². The van der Waals surface area contributed by atoms with Crippen LogP contribution in [0.15, 0.2) is 74.7 Å². The molecule has 0 aliphatic carbocycles. The Hall–Kier alpha value is -2.84. The molecule has 0 saturated carbocycles.